The molecule has 2 aromatic rings. The molecule has 0 spiro atoms. The number of Topliss-reactive ketones (excluding diaryl/α,β-unsaturated/α-hetero) is 1. The maximum atomic E-state index is 11.2. The number of aliphatic hydroxyl groups excluding tert-OH is 1. The van der Waals surface area contributed by atoms with Gasteiger partial charge >= 0.3 is 0 Å². The Labute approximate surface area is 145 Å². The topological polar surface area (TPSA) is 37.3 Å². The van der Waals surface area contributed by atoms with Crippen molar-refractivity contribution in [2.45, 2.75) is 57.5 Å². The lowest BCUT2D eigenvalue weighted by Crippen LogP contribution is -2.14. The van der Waals surface area contributed by atoms with Gasteiger partial charge in [0, 0.05) is 6.42 Å². The molecule has 0 heterocycles. The molecule has 24 heavy (non-hydrogen) atoms. The fraction of sp³-hybridized carbons (Fsp3) is 0.409. The Morgan fingerprint density at radius 3 is 2.21 bits per heavy atom. The van der Waals surface area contributed by atoms with Crippen molar-refractivity contribution in [1.29, 1.82) is 0 Å². The molecule has 0 aliphatic carbocycles. The van der Waals surface area contributed by atoms with Gasteiger partial charge in [-0.15, -0.1) is 0 Å². The molecule has 0 bridgehead atoms. The first-order valence-corrected chi connectivity index (χ1v) is 8.91. The minimum Gasteiger partial charge on any atom is -0.393 e. The molecule has 1 N–H and O–H groups in total. The number of carbonyl (C=O) groups is 1. The molecule has 2 rings (SSSR count). The van der Waals surface area contributed by atoms with Crippen LogP contribution in [-0.2, 0) is 11.2 Å². The second-order valence-electron chi connectivity index (χ2n) is 6.62. The summed E-state index contributed by atoms with van der Waals surface area (Å²) in [5, 5.41) is 10.5. The summed E-state index contributed by atoms with van der Waals surface area (Å²) in [6, 6.07) is 20.7. The van der Waals surface area contributed by atoms with E-state index in [1.54, 1.807) is 6.92 Å². The number of hydrogen-bond donors (Lipinski definition) is 1. The van der Waals surface area contributed by atoms with Gasteiger partial charge in [0.15, 0.2) is 0 Å². The van der Waals surface area contributed by atoms with Crippen LogP contribution < -0.4 is 0 Å². The molecule has 0 aromatic heterocycles. The maximum Gasteiger partial charge on any atom is 0.129 e. The summed E-state index contributed by atoms with van der Waals surface area (Å²) in [6.45, 7) is 1.65. The summed E-state index contributed by atoms with van der Waals surface area (Å²) in [7, 11) is 0. The van der Waals surface area contributed by atoms with E-state index in [0.29, 0.717) is 12.3 Å². The fourth-order valence-corrected chi connectivity index (χ4v) is 3.17. The van der Waals surface area contributed by atoms with E-state index in [2.05, 4.69) is 24.3 Å². The van der Waals surface area contributed by atoms with Crippen molar-refractivity contribution in [2.24, 2.45) is 0 Å². The van der Waals surface area contributed by atoms with Gasteiger partial charge in [0.05, 0.1) is 6.10 Å². The molecular weight excluding hydrogens is 296 g/mol. The predicted molar refractivity (Wildman–Crippen MR) is 99.1 cm³/mol. The quantitative estimate of drug-likeness (QED) is 0.674. The van der Waals surface area contributed by atoms with Crippen molar-refractivity contribution in [3.8, 4) is 0 Å². The third kappa shape index (κ3) is 6.67. The Hall–Kier alpha value is -1.93. The molecule has 0 fully saturated rings. The highest BCUT2D eigenvalue weighted by Gasteiger charge is 2.16. The van der Waals surface area contributed by atoms with Crippen molar-refractivity contribution in [3.05, 3.63) is 71.8 Å². The van der Waals surface area contributed by atoms with E-state index in [9.17, 15) is 9.90 Å². The predicted octanol–water partition coefficient (Wildman–Crippen LogP) is 4.91. The highest BCUT2D eigenvalue weighted by Crippen LogP contribution is 2.28. The second kappa shape index (κ2) is 10.0. The number of rotatable bonds is 10. The van der Waals surface area contributed by atoms with Gasteiger partial charge in [0.2, 0.25) is 0 Å². The van der Waals surface area contributed by atoms with Crippen LogP contribution in [0.4, 0.5) is 0 Å². The van der Waals surface area contributed by atoms with Crippen LogP contribution in [0.5, 0.6) is 0 Å². The summed E-state index contributed by atoms with van der Waals surface area (Å²) < 4.78 is 0. The molecular formula is C22H28O2. The number of carbonyl (C=O) groups excluding carboxylic acids is 1. The zero-order chi connectivity index (χ0) is 17.2. The van der Waals surface area contributed by atoms with Gasteiger partial charge in [-0.2, -0.15) is 0 Å². The molecule has 2 aromatic carbocycles. The van der Waals surface area contributed by atoms with Gasteiger partial charge in [-0.25, -0.2) is 0 Å². The van der Waals surface area contributed by atoms with Crippen LogP contribution >= 0.6 is 0 Å². The Bertz CT molecular complexity index is 592. The molecule has 0 unspecified atom stereocenters. The van der Waals surface area contributed by atoms with E-state index in [0.717, 1.165) is 32.1 Å². The largest absolute Gasteiger partial charge is 0.393 e. The zero-order valence-corrected chi connectivity index (χ0v) is 14.5. The normalized spacial score (nSPS) is 13.4. The molecule has 2 heteroatoms. The van der Waals surface area contributed by atoms with E-state index in [1.807, 2.05) is 36.4 Å². The van der Waals surface area contributed by atoms with Crippen LogP contribution in [0.3, 0.4) is 0 Å². The van der Waals surface area contributed by atoms with Gasteiger partial charge in [-0.3, -0.25) is 0 Å². The van der Waals surface area contributed by atoms with Crippen LogP contribution in [0.15, 0.2) is 60.7 Å². The fourth-order valence-electron chi connectivity index (χ4n) is 3.17. The van der Waals surface area contributed by atoms with Crippen molar-refractivity contribution in [2.75, 3.05) is 0 Å². The van der Waals surface area contributed by atoms with E-state index in [-0.39, 0.29) is 11.9 Å². The SMILES string of the molecule is CC(=O)CCC[C@H](C[C@H](O)CCc1ccccc1)c1ccccc1. The minimum absolute atomic E-state index is 0.242. The molecule has 0 aliphatic rings. The third-order valence-corrected chi connectivity index (χ3v) is 4.52. The van der Waals surface area contributed by atoms with Crippen molar-refractivity contribution in [1.82, 2.24) is 0 Å². The molecule has 0 saturated carbocycles. The summed E-state index contributed by atoms with van der Waals surface area (Å²) in [6.07, 6.45) is 4.59. The van der Waals surface area contributed by atoms with Crippen molar-refractivity contribution in [3.63, 3.8) is 0 Å². The third-order valence-electron chi connectivity index (χ3n) is 4.52. The zero-order valence-electron chi connectivity index (χ0n) is 14.5. The summed E-state index contributed by atoms with van der Waals surface area (Å²) in [5.74, 6) is 0.558. The summed E-state index contributed by atoms with van der Waals surface area (Å²) in [5.41, 5.74) is 2.53. The first kappa shape index (κ1) is 18.4. The summed E-state index contributed by atoms with van der Waals surface area (Å²) in [4.78, 5) is 11.2. The number of benzene rings is 2. The summed E-state index contributed by atoms with van der Waals surface area (Å²) >= 11 is 0. The lowest BCUT2D eigenvalue weighted by atomic mass is 9.87. The van der Waals surface area contributed by atoms with Gasteiger partial charge in [-0.1, -0.05) is 60.7 Å². The Balaban J connectivity index is 1.90. The van der Waals surface area contributed by atoms with E-state index >= 15 is 0 Å². The van der Waals surface area contributed by atoms with Crippen molar-refractivity contribution < 1.29 is 9.90 Å². The van der Waals surface area contributed by atoms with E-state index in [1.165, 1.54) is 11.1 Å². The van der Waals surface area contributed by atoms with Crippen LogP contribution in [0.25, 0.3) is 0 Å². The van der Waals surface area contributed by atoms with Crippen LogP contribution in [0, 0.1) is 0 Å². The van der Waals surface area contributed by atoms with Crippen LogP contribution in [0.1, 0.15) is 56.1 Å². The Kier molecular flexibility index (Phi) is 7.70. The van der Waals surface area contributed by atoms with Gasteiger partial charge in [0.25, 0.3) is 0 Å². The van der Waals surface area contributed by atoms with E-state index in [4.69, 9.17) is 0 Å². The maximum absolute atomic E-state index is 11.2. The van der Waals surface area contributed by atoms with Crippen LogP contribution in [0.2, 0.25) is 0 Å². The number of ketones is 1. The monoisotopic (exact) mass is 324 g/mol. The average Bonchev–Trinajstić information content (AvgIpc) is 2.60. The number of aliphatic hydroxyl groups is 1. The Morgan fingerprint density at radius 2 is 1.58 bits per heavy atom. The van der Waals surface area contributed by atoms with Crippen molar-refractivity contribution >= 4 is 5.78 Å². The minimum atomic E-state index is -0.312. The molecule has 0 saturated heterocycles. The van der Waals surface area contributed by atoms with Gasteiger partial charge in [-0.05, 0) is 56.1 Å². The van der Waals surface area contributed by atoms with Gasteiger partial charge in [0.1, 0.15) is 5.78 Å². The van der Waals surface area contributed by atoms with Gasteiger partial charge < -0.3 is 9.90 Å². The molecule has 0 aliphatic heterocycles. The lowest BCUT2D eigenvalue weighted by Gasteiger charge is -2.21. The smallest absolute Gasteiger partial charge is 0.129 e. The molecule has 0 amide bonds. The van der Waals surface area contributed by atoms with Crippen LogP contribution in [-0.4, -0.2) is 17.0 Å². The number of aryl methyl sites for hydroxylation is 1. The molecule has 128 valence electrons. The first-order chi connectivity index (χ1) is 11.6. The standard InChI is InChI=1S/C22H28O2/c1-18(23)9-8-14-21(20-12-6-3-7-13-20)17-22(24)16-15-19-10-4-2-5-11-19/h2-7,10-13,21-22,24H,8-9,14-17H2,1H3/t21-,22-/m1/s1. The Morgan fingerprint density at radius 1 is 0.958 bits per heavy atom. The molecule has 2 atom stereocenters. The molecule has 2 nitrogen and oxygen atoms in total. The second-order valence-corrected chi connectivity index (χ2v) is 6.62. The first-order valence-electron chi connectivity index (χ1n) is 8.91. The lowest BCUT2D eigenvalue weighted by molar-refractivity contribution is -0.117. The highest BCUT2D eigenvalue weighted by molar-refractivity contribution is 5.75. The highest BCUT2D eigenvalue weighted by atomic mass is 16.3. The average molecular weight is 324 g/mol. The van der Waals surface area contributed by atoms with E-state index < -0.39 is 0 Å². The number of hydrogen-bond acceptors (Lipinski definition) is 2. The molecule has 0 radical (unpaired) electrons.